The number of nitrogens with zero attached hydrogens (tertiary/aromatic N) is 2. The molecule has 0 aliphatic heterocycles. The maximum Gasteiger partial charge on any atom is 0.354 e. The Morgan fingerprint density at radius 3 is 2.56 bits per heavy atom. The highest BCUT2D eigenvalue weighted by molar-refractivity contribution is 6.30. The molecule has 0 saturated heterocycles. The van der Waals surface area contributed by atoms with Gasteiger partial charge in [-0.1, -0.05) is 23.7 Å². The number of rotatable bonds is 2. The Morgan fingerprint density at radius 1 is 1.38 bits per heavy atom. The lowest BCUT2D eigenvalue weighted by Crippen LogP contribution is -2.06. The van der Waals surface area contributed by atoms with E-state index in [2.05, 4.69) is 5.10 Å². The van der Waals surface area contributed by atoms with Crippen molar-refractivity contribution in [2.24, 2.45) is 7.05 Å². The summed E-state index contributed by atoms with van der Waals surface area (Å²) in [5.74, 6) is -0.995. The molecule has 0 aliphatic carbocycles. The number of aromatic carboxylic acids is 1. The molecule has 0 radical (unpaired) electrons. The lowest BCUT2D eigenvalue weighted by atomic mass is 10.1. The smallest absolute Gasteiger partial charge is 0.354 e. The summed E-state index contributed by atoms with van der Waals surface area (Å²) in [5, 5.41) is 13.6. The van der Waals surface area contributed by atoms with Crippen LogP contribution >= 0.6 is 11.6 Å². The molecule has 82 valence electrons. The van der Waals surface area contributed by atoms with Gasteiger partial charge in [-0.3, -0.25) is 4.68 Å². The first-order valence-corrected chi connectivity index (χ1v) is 4.98. The fraction of sp³-hybridized carbons (Fsp3) is 0.0909. The van der Waals surface area contributed by atoms with Crippen LogP contribution in [0.3, 0.4) is 0 Å². The molecule has 1 N–H and O–H groups in total. The summed E-state index contributed by atoms with van der Waals surface area (Å²) in [6, 6.07) is 6.97. The molecule has 4 nitrogen and oxygen atoms in total. The van der Waals surface area contributed by atoms with E-state index >= 15 is 0 Å². The first kappa shape index (κ1) is 10.7. The second-order valence-electron chi connectivity index (χ2n) is 3.34. The van der Waals surface area contributed by atoms with Gasteiger partial charge in [-0.05, 0) is 17.7 Å². The zero-order valence-corrected chi connectivity index (χ0v) is 9.27. The third kappa shape index (κ3) is 1.79. The van der Waals surface area contributed by atoms with E-state index in [0.717, 1.165) is 5.56 Å². The Kier molecular flexibility index (Phi) is 2.66. The molecule has 0 aliphatic rings. The van der Waals surface area contributed by atoms with Crippen LogP contribution in [0.2, 0.25) is 5.02 Å². The van der Waals surface area contributed by atoms with Crippen LogP contribution in [0.4, 0.5) is 0 Å². The number of hydrogen-bond acceptors (Lipinski definition) is 2. The largest absolute Gasteiger partial charge is 0.477 e. The van der Waals surface area contributed by atoms with E-state index in [4.69, 9.17) is 16.7 Å². The Balaban J connectivity index is 2.56. The van der Waals surface area contributed by atoms with Gasteiger partial charge in [0.1, 0.15) is 0 Å². The fourth-order valence-corrected chi connectivity index (χ4v) is 1.66. The van der Waals surface area contributed by atoms with Crippen molar-refractivity contribution < 1.29 is 9.90 Å². The van der Waals surface area contributed by atoms with Crippen LogP contribution in [0.5, 0.6) is 0 Å². The summed E-state index contributed by atoms with van der Waals surface area (Å²) < 4.78 is 1.34. The van der Waals surface area contributed by atoms with E-state index in [9.17, 15) is 4.79 Å². The van der Waals surface area contributed by atoms with Crippen molar-refractivity contribution in [1.82, 2.24) is 9.78 Å². The van der Waals surface area contributed by atoms with Gasteiger partial charge < -0.3 is 5.11 Å². The third-order valence-corrected chi connectivity index (χ3v) is 2.55. The molecule has 0 fully saturated rings. The maximum atomic E-state index is 11.1. The topological polar surface area (TPSA) is 55.1 Å². The van der Waals surface area contributed by atoms with Crippen molar-refractivity contribution in [2.75, 3.05) is 0 Å². The first-order valence-electron chi connectivity index (χ1n) is 4.61. The molecule has 0 atom stereocenters. The predicted octanol–water partition coefficient (Wildman–Crippen LogP) is 2.44. The highest BCUT2D eigenvalue weighted by atomic mass is 35.5. The van der Waals surface area contributed by atoms with Crippen molar-refractivity contribution in [3.8, 4) is 11.1 Å². The van der Waals surface area contributed by atoms with E-state index in [1.54, 1.807) is 31.3 Å². The van der Waals surface area contributed by atoms with Crippen LogP contribution in [-0.4, -0.2) is 20.9 Å². The van der Waals surface area contributed by atoms with Crippen LogP contribution in [0.25, 0.3) is 11.1 Å². The van der Waals surface area contributed by atoms with Gasteiger partial charge in [-0.15, -0.1) is 0 Å². The highest BCUT2D eigenvalue weighted by Gasteiger charge is 2.16. The summed E-state index contributed by atoms with van der Waals surface area (Å²) in [4.78, 5) is 11.1. The lowest BCUT2D eigenvalue weighted by Gasteiger charge is -2.01. The van der Waals surface area contributed by atoms with Crippen LogP contribution in [0.15, 0.2) is 30.5 Å². The van der Waals surface area contributed by atoms with Gasteiger partial charge in [-0.25, -0.2) is 4.79 Å². The Bertz CT molecular complexity index is 531. The van der Waals surface area contributed by atoms with Crippen molar-refractivity contribution >= 4 is 17.6 Å². The summed E-state index contributed by atoms with van der Waals surface area (Å²) in [5.41, 5.74) is 1.55. The predicted molar refractivity (Wildman–Crippen MR) is 60.6 cm³/mol. The fourth-order valence-electron chi connectivity index (χ4n) is 1.53. The molecule has 5 heteroatoms. The van der Waals surface area contributed by atoms with E-state index in [1.807, 2.05) is 0 Å². The Morgan fingerprint density at radius 2 is 2.00 bits per heavy atom. The summed E-state index contributed by atoms with van der Waals surface area (Å²) in [6.45, 7) is 0. The number of hydrogen-bond donors (Lipinski definition) is 1. The van der Waals surface area contributed by atoms with Gasteiger partial charge in [0.15, 0.2) is 5.69 Å². The molecular weight excluding hydrogens is 228 g/mol. The standard InChI is InChI=1S/C11H9ClN2O2/c1-14-10(11(15)16)9(6-13-14)7-2-4-8(12)5-3-7/h2-6H,1H3,(H,15,16). The van der Waals surface area contributed by atoms with Crippen molar-refractivity contribution in [2.45, 2.75) is 0 Å². The molecular formula is C11H9ClN2O2. The lowest BCUT2D eigenvalue weighted by molar-refractivity contribution is 0.0686. The number of aryl methyl sites for hydroxylation is 1. The first-order chi connectivity index (χ1) is 7.59. The van der Waals surface area contributed by atoms with Crippen LogP contribution in [-0.2, 0) is 7.05 Å². The quantitative estimate of drug-likeness (QED) is 0.871. The van der Waals surface area contributed by atoms with Crippen LogP contribution < -0.4 is 0 Å². The van der Waals surface area contributed by atoms with E-state index in [0.29, 0.717) is 10.6 Å². The molecule has 1 aromatic carbocycles. The molecule has 1 heterocycles. The van der Waals surface area contributed by atoms with Gasteiger partial charge in [-0.2, -0.15) is 5.10 Å². The van der Waals surface area contributed by atoms with Crippen LogP contribution in [0.1, 0.15) is 10.5 Å². The Hall–Kier alpha value is -1.81. The van der Waals surface area contributed by atoms with Gasteiger partial charge in [0.05, 0.1) is 6.20 Å². The summed E-state index contributed by atoms with van der Waals surface area (Å²) in [7, 11) is 1.60. The van der Waals surface area contributed by atoms with E-state index in [1.165, 1.54) is 10.9 Å². The zero-order valence-electron chi connectivity index (χ0n) is 8.51. The number of halogens is 1. The molecule has 2 rings (SSSR count). The third-order valence-electron chi connectivity index (χ3n) is 2.30. The van der Waals surface area contributed by atoms with Gasteiger partial charge >= 0.3 is 5.97 Å². The molecule has 0 saturated carbocycles. The highest BCUT2D eigenvalue weighted by Crippen LogP contribution is 2.24. The molecule has 0 unspecified atom stereocenters. The molecule has 2 aromatic rings. The second kappa shape index (κ2) is 3.98. The monoisotopic (exact) mass is 236 g/mol. The molecule has 0 amide bonds. The number of carbonyl (C=O) groups is 1. The van der Waals surface area contributed by atoms with Crippen molar-refractivity contribution in [3.05, 3.63) is 41.2 Å². The van der Waals surface area contributed by atoms with Crippen LogP contribution in [0, 0.1) is 0 Å². The average molecular weight is 237 g/mol. The maximum absolute atomic E-state index is 11.1. The zero-order chi connectivity index (χ0) is 11.7. The Labute approximate surface area is 97.1 Å². The van der Waals surface area contributed by atoms with Gasteiger partial charge in [0.2, 0.25) is 0 Å². The van der Waals surface area contributed by atoms with Crippen molar-refractivity contribution in [1.29, 1.82) is 0 Å². The van der Waals surface area contributed by atoms with E-state index < -0.39 is 5.97 Å². The second-order valence-corrected chi connectivity index (χ2v) is 3.78. The average Bonchev–Trinajstić information content (AvgIpc) is 2.61. The number of carboxylic acid groups (broad SMARTS) is 1. The molecule has 1 aromatic heterocycles. The molecule has 0 bridgehead atoms. The minimum Gasteiger partial charge on any atom is -0.477 e. The minimum atomic E-state index is -0.995. The van der Waals surface area contributed by atoms with Gasteiger partial charge in [0.25, 0.3) is 0 Å². The number of carboxylic acids is 1. The molecule has 0 spiro atoms. The normalized spacial score (nSPS) is 10.4. The van der Waals surface area contributed by atoms with Gasteiger partial charge in [0, 0.05) is 17.6 Å². The SMILES string of the molecule is Cn1ncc(-c2ccc(Cl)cc2)c1C(=O)O. The van der Waals surface area contributed by atoms with E-state index in [-0.39, 0.29) is 5.69 Å². The molecule has 16 heavy (non-hydrogen) atoms. The number of benzene rings is 1. The summed E-state index contributed by atoms with van der Waals surface area (Å²) >= 11 is 5.77. The van der Waals surface area contributed by atoms with Crippen molar-refractivity contribution in [3.63, 3.8) is 0 Å². The summed E-state index contributed by atoms with van der Waals surface area (Å²) in [6.07, 6.45) is 1.53. The number of aromatic nitrogens is 2. The minimum absolute atomic E-state index is 0.169.